The molecule has 0 amide bonds. The lowest BCUT2D eigenvalue weighted by molar-refractivity contribution is -0.0148. The first-order valence-corrected chi connectivity index (χ1v) is 5.31. The Morgan fingerprint density at radius 2 is 2.18 bits per heavy atom. The van der Waals surface area contributed by atoms with Gasteiger partial charge in [-0.1, -0.05) is 20.8 Å². The van der Waals surface area contributed by atoms with E-state index < -0.39 is 0 Å². The number of hydrogen-bond acceptors (Lipinski definition) is 2. The van der Waals surface area contributed by atoms with E-state index in [-0.39, 0.29) is 4.93 Å². The van der Waals surface area contributed by atoms with Gasteiger partial charge >= 0.3 is 0 Å². The lowest BCUT2D eigenvalue weighted by atomic mass is 10.1. The maximum absolute atomic E-state index is 5.80. The molecule has 1 aliphatic rings. The molecule has 1 saturated heterocycles. The number of rotatable bonds is 1. The van der Waals surface area contributed by atoms with Crippen molar-refractivity contribution in [2.75, 3.05) is 12.4 Å². The minimum absolute atomic E-state index is 0.0759. The van der Waals surface area contributed by atoms with Gasteiger partial charge in [0.05, 0.1) is 6.61 Å². The fourth-order valence-electron chi connectivity index (χ4n) is 1.04. The molecular formula is C9H18OS. The molecule has 1 nitrogen and oxygen atoms in total. The first-order chi connectivity index (χ1) is 5.04. The second kappa shape index (κ2) is 3.36. The first-order valence-electron chi connectivity index (χ1n) is 4.32. The maximum Gasteiger partial charge on any atom is 0.113 e. The molecule has 0 aromatic rings. The Balaban J connectivity index is 2.48. The van der Waals surface area contributed by atoms with E-state index in [9.17, 15) is 0 Å². The summed E-state index contributed by atoms with van der Waals surface area (Å²) in [6.07, 6.45) is 0. The predicted octanol–water partition coefficient (Wildman–Crippen LogP) is 2.76. The van der Waals surface area contributed by atoms with Crippen molar-refractivity contribution in [3.63, 3.8) is 0 Å². The Hall–Kier alpha value is 0.310. The number of hydrogen-bond donors (Lipinski definition) is 0. The molecule has 0 aromatic heterocycles. The molecule has 1 fully saturated rings. The second-order valence-electron chi connectivity index (χ2n) is 3.90. The molecular weight excluding hydrogens is 156 g/mol. The van der Waals surface area contributed by atoms with Crippen molar-refractivity contribution in [1.82, 2.24) is 0 Å². The van der Waals surface area contributed by atoms with Gasteiger partial charge in [-0.3, -0.25) is 0 Å². The highest BCUT2D eigenvalue weighted by molar-refractivity contribution is 8.00. The quantitative estimate of drug-likeness (QED) is 0.604. The van der Waals surface area contributed by atoms with Crippen molar-refractivity contribution >= 4 is 11.8 Å². The van der Waals surface area contributed by atoms with E-state index >= 15 is 0 Å². The average Bonchev–Trinajstić information content (AvgIpc) is 1.95. The van der Waals surface area contributed by atoms with Crippen LogP contribution in [0, 0.1) is 11.8 Å². The number of thioether (sulfide) groups is 1. The first kappa shape index (κ1) is 9.40. The van der Waals surface area contributed by atoms with Crippen molar-refractivity contribution in [3.05, 3.63) is 0 Å². The zero-order chi connectivity index (χ0) is 8.48. The van der Waals surface area contributed by atoms with Crippen LogP contribution in [0.3, 0.4) is 0 Å². The Morgan fingerprint density at radius 1 is 1.55 bits per heavy atom. The van der Waals surface area contributed by atoms with Crippen LogP contribution < -0.4 is 0 Å². The highest BCUT2D eigenvalue weighted by Gasteiger charge is 2.34. The highest BCUT2D eigenvalue weighted by atomic mass is 32.2. The minimum Gasteiger partial charge on any atom is -0.364 e. The number of ether oxygens (including phenoxy) is 1. The lowest BCUT2D eigenvalue weighted by Gasteiger charge is -2.39. The molecule has 0 bridgehead atoms. The van der Waals surface area contributed by atoms with Crippen LogP contribution in [0.2, 0.25) is 0 Å². The van der Waals surface area contributed by atoms with Crippen LogP contribution in [0.5, 0.6) is 0 Å². The largest absolute Gasteiger partial charge is 0.364 e. The SMILES string of the molecule is CC(C)[C@@]1(C)OC[C@@H](C)CS1. The van der Waals surface area contributed by atoms with Gasteiger partial charge in [0.25, 0.3) is 0 Å². The summed E-state index contributed by atoms with van der Waals surface area (Å²) in [6.45, 7) is 9.83. The summed E-state index contributed by atoms with van der Waals surface area (Å²) < 4.78 is 5.80. The summed E-state index contributed by atoms with van der Waals surface area (Å²) in [4.78, 5) is 0.0759. The Kier molecular flexibility index (Phi) is 2.87. The molecule has 2 atom stereocenters. The van der Waals surface area contributed by atoms with E-state index in [1.165, 1.54) is 5.75 Å². The molecule has 2 heteroatoms. The van der Waals surface area contributed by atoms with Gasteiger partial charge < -0.3 is 4.74 Å². The van der Waals surface area contributed by atoms with Gasteiger partial charge in [0.15, 0.2) is 0 Å². The average molecular weight is 174 g/mol. The van der Waals surface area contributed by atoms with Crippen molar-refractivity contribution in [3.8, 4) is 0 Å². The van der Waals surface area contributed by atoms with Gasteiger partial charge in [-0.25, -0.2) is 0 Å². The molecule has 0 unspecified atom stereocenters. The van der Waals surface area contributed by atoms with E-state index in [1.54, 1.807) is 0 Å². The standard InChI is InChI=1S/C9H18OS/c1-7(2)9(4)10-5-8(3)6-11-9/h7-8H,5-6H2,1-4H3/t8-,9+/m1/s1. The van der Waals surface area contributed by atoms with E-state index in [0.717, 1.165) is 12.5 Å². The summed E-state index contributed by atoms with van der Waals surface area (Å²) in [5, 5.41) is 0. The monoisotopic (exact) mass is 174 g/mol. The Bertz CT molecular complexity index is 126. The summed E-state index contributed by atoms with van der Waals surface area (Å²) in [5.41, 5.74) is 0. The topological polar surface area (TPSA) is 9.23 Å². The Morgan fingerprint density at radius 3 is 2.55 bits per heavy atom. The van der Waals surface area contributed by atoms with Crippen molar-refractivity contribution in [2.24, 2.45) is 11.8 Å². The molecule has 0 radical (unpaired) electrons. The maximum atomic E-state index is 5.80. The molecule has 0 spiro atoms. The van der Waals surface area contributed by atoms with Crippen LogP contribution in [0.25, 0.3) is 0 Å². The molecule has 0 aliphatic carbocycles. The highest BCUT2D eigenvalue weighted by Crippen LogP contribution is 2.38. The second-order valence-corrected chi connectivity index (χ2v) is 5.33. The van der Waals surface area contributed by atoms with Crippen molar-refractivity contribution in [2.45, 2.75) is 32.6 Å². The summed E-state index contributed by atoms with van der Waals surface area (Å²) >= 11 is 1.96. The predicted molar refractivity (Wildman–Crippen MR) is 50.8 cm³/mol. The van der Waals surface area contributed by atoms with Gasteiger partial charge in [0.1, 0.15) is 4.93 Å². The molecule has 1 aliphatic heterocycles. The minimum atomic E-state index is 0.0759. The van der Waals surface area contributed by atoms with Crippen LogP contribution >= 0.6 is 11.8 Å². The fourth-order valence-corrected chi connectivity index (χ4v) is 2.23. The molecule has 11 heavy (non-hydrogen) atoms. The van der Waals surface area contributed by atoms with Crippen molar-refractivity contribution in [1.29, 1.82) is 0 Å². The molecule has 0 aromatic carbocycles. The normalized spacial score (nSPS) is 39.5. The zero-order valence-electron chi connectivity index (χ0n) is 7.89. The van der Waals surface area contributed by atoms with Crippen LogP contribution in [-0.2, 0) is 4.74 Å². The van der Waals surface area contributed by atoms with Crippen LogP contribution in [0.4, 0.5) is 0 Å². The van der Waals surface area contributed by atoms with E-state index in [0.29, 0.717) is 5.92 Å². The third-order valence-corrected chi connectivity index (χ3v) is 4.26. The van der Waals surface area contributed by atoms with Gasteiger partial charge in [0, 0.05) is 5.75 Å². The summed E-state index contributed by atoms with van der Waals surface area (Å²) in [5.74, 6) is 2.58. The third-order valence-electron chi connectivity index (χ3n) is 2.36. The smallest absolute Gasteiger partial charge is 0.113 e. The fraction of sp³-hybridized carbons (Fsp3) is 1.00. The van der Waals surface area contributed by atoms with Gasteiger partial charge in [0.2, 0.25) is 0 Å². The molecule has 0 N–H and O–H groups in total. The van der Waals surface area contributed by atoms with Crippen LogP contribution in [-0.4, -0.2) is 17.3 Å². The lowest BCUT2D eigenvalue weighted by Crippen LogP contribution is -2.38. The summed E-state index contributed by atoms with van der Waals surface area (Å²) in [6, 6.07) is 0. The molecule has 0 saturated carbocycles. The summed E-state index contributed by atoms with van der Waals surface area (Å²) in [7, 11) is 0. The van der Waals surface area contributed by atoms with E-state index in [4.69, 9.17) is 4.74 Å². The molecule has 1 rings (SSSR count). The van der Waals surface area contributed by atoms with Gasteiger partial charge in [-0.2, -0.15) is 0 Å². The van der Waals surface area contributed by atoms with E-state index in [1.807, 2.05) is 11.8 Å². The van der Waals surface area contributed by atoms with Gasteiger partial charge in [-0.05, 0) is 18.8 Å². The molecule has 66 valence electrons. The Labute approximate surface area is 73.9 Å². The molecule has 1 heterocycles. The zero-order valence-corrected chi connectivity index (χ0v) is 8.70. The van der Waals surface area contributed by atoms with Gasteiger partial charge in [-0.15, -0.1) is 11.8 Å². The van der Waals surface area contributed by atoms with E-state index in [2.05, 4.69) is 27.7 Å². The van der Waals surface area contributed by atoms with Crippen LogP contribution in [0.15, 0.2) is 0 Å². The van der Waals surface area contributed by atoms with Crippen molar-refractivity contribution < 1.29 is 4.74 Å². The van der Waals surface area contributed by atoms with Crippen LogP contribution in [0.1, 0.15) is 27.7 Å². The third kappa shape index (κ3) is 2.12.